The summed E-state index contributed by atoms with van der Waals surface area (Å²) in [5.74, 6) is -1.83. The molecular weight excluding hydrogens is 1260 g/mol. The Morgan fingerprint density at radius 2 is 0.989 bits per heavy atom. The van der Waals surface area contributed by atoms with Gasteiger partial charge in [-0.3, -0.25) is 53.1 Å². The van der Waals surface area contributed by atoms with Crippen molar-refractivity contribution in [3.8, 4) is 0 Å². The average Bonchev–Trinajstić information content (AvgIpc) is 1.73. The highest BCUT2D eigenvalue weighted by molar-refractivity contribution is 7.87. The lowest BCUT2D eigenvalue weighted by Crippen LogP contribution is -2.66. The predicted molar refractivity (Wildman–Crippen MR) is 331 cm³/mol. The minimum Gasteiger partial charge on any atom is -0.414 e. The Hall–Kier alpha value is -4.80. The van der Waals surface area contributed by atoms with Crippen LogP contribution >= 0.6 is 0 Å². The Morgan fingerprint density at radius 1 is 0.629 bits per heavy atom. The first-order valence-corrected chi connectivity index (χ1v) is 39.5. The molecule has 89 heavy (non-hydrogen) atoms. The first kappa shape index (κ1) is 71.6. The average molecular weight is 1350 g/mol. The molecule has 0 spiro atoms. The molecule has 0 unspecified atom stereocenters. The van der Waals surface area contributed by atoms with Gasteiger partial charge in [-0.25, -0.2) is 9.97 Å². The maximum atomic E-state index is 13.8. The lowest BCUT2D eigenvalue weighted by atomic mass is 10.1. The van der Waals surface area contributed by atoms with Crippen LogP contribution in [0, 0.1) is 11.8 Å². The number of alkyl halides is 3. The molecule has 28 nitrogen and oxygen atoms in total. The zero-order chi connectivity index (χ0) is 66.6. The van der Waals surface area contributed by atoms with Crippen LogP contribution in [0.1, 0.15) is 151 Å². The van der Waals surface area contributed by atoms with Crippen LogP contribution in [0.4, 0.5) is 25.1 Å². The number of carbonyl (C=O) groups excluding carboxylic acids is 2. The summed E-state index contributed by atoms with van der Waals surface area (Å²) in [6, 6.07) is -0.837. The van der Waals surface area contributed by atoms with Gasteiger partial charge in [-0.2, -0.15) is 31.6 Å². The molecule has 8 rings (SSSR count). The maximum absolute atomic E-state index is 13.8. The number of halogens is 3. The van der Waals surface area contributed by atoms with Gasteiger partial charge in [-0.1, -0.05) is 144 Å². The number of azide groups is 1. The summed E-state index contributed by atoms with van der Waals surface area (Å²) in [4.78, 5) is 75.6. The van der Waals surface area contributed by atoms with Gasteiger partial charge in [0.1, 0.15) is 30.6 Å². The molecular formula is C53H88F3N13O15SSi4. The number of nitrogens with one attached hydrogen (secondary N) is 4. The van der Waals surface area contributed by atoms with Crippen LogP contribution in [0.5, 0.6) is 0 Å². The highest BCUT2D eigenvalue weighted by atomic mass is 32.2. The largest absolute Gasteiger partial charge is 0.523 e. The molecule has 0 aromatic carbocycles. The van der Waals surface area contributed by atoms with E-state index in [2.05, 4.69) is 106 Å². The van der Waals surface area contributed by atoms with E-state index in [0.717, 1.165) is 10.9 Å². The molecule has 4 fully saturated rings. The summed E-state index contributed by atoms with van der Waals surface area (Å²) >= 11 is 0. The number of nitrogens with zero attached hydrogens (tertiary/aromatic N) is 9. The van der Waals surface area contributed by atoms with E-state index in [1.54, 1.807) is 32.3 Å². The van der Waals surface area contributed by atoms with Gasteiger partial charge in [-0.05, 0) is 49.9 Å². The summed E-state index contributed by atoms with van der Waals surface area (Å²) in [5, 5.41) is 9.25. The summed E-state index contributed by atoms with van der Waals surface area (Å²) in [5.41, 5.74) is 2.20. The molecule has 0 saturated carbocycles. The summed E-state index contributed by atoms with van der Waals surface area (Å²) in [6.07, 6.45) is -5.76. The third kappa shape index (κ3) is 13.7. The molecule has 8 atom stereocenters. The molecule has 0 bridgehead atoms. The standard InChI is InChI=1S/C27H44F3N5O9SSi2.C26H44N8O6Si2/c1-13(2)23(36)33-26-32-22-19(24(37)34-26)31-12-35(22)25-21(42-45(38,39)27(28,29)30)20-18(41-25)11-40-46(14(3)4,15(5)6)44-47(43-20,16(7)8)17(9)10;1-13(2)23(35)30-26-29-22-20(24(36)31-26)28-12-34(22)25-19(32-33-27)21-18(38-25)11-37-41(14(3)4,15(5)6)40-42(39-21,16(7)8)17(9)10/h12-18,20-21,25H,11H2,1-10H3,(H2,32,33,34,36,37);12-19,21,25H,11H2,1-10H3,(H2,29,30,31,35,36)/t18-,20-,21+,25-;18-,19-,21-,25-/m11/s1. The number of ether oxygens (including phenoxy) is 2. The predicted octanol–water partition coefficient (Wildman–Crippen LogP) is 10.0. The Morgan fingerprint density at radius 3 is 1.35 bits per heavy atom. The number of imidazole rings is 2. The molecule has 8 heterocycles. The van der Waals surface area contributed by atoms with Crippen LogP contribution in [0.2, 0.25) is 44.3 Å². The van der Waals surface area contributed by atoms with Crippen LogP contribution in [0.15, 0.2) is 27.4 Å². The fourth-order valence-electron chi connectivity index (χ4n) is 12.1. The van der Waals surface area contributed by atoms with Crippen LogP contribution in [0.25, 0.3) is 32.8 Å². The minimum atomic E-state index is -6.20. The number of anilines is 2. The molecule has 0 radical (unpaired) electrons. The van der Waals surface area contributed by atoms with Gasteiger partial charge in [0, 0.05) is 16.7 Å². The number of carbonyl (C=O) groups is 2. The lowest BCUT2D eigenvalue weighted by molar-refractivity contribution is -0.119. The SMILES string of the molecule is CC(C)C(=O)Nc1nc2c(ncn2[C@@H]2O[C@@H]3CO[Si](C(C)C)(C(C)C)O[Si](C(C)C)(C(C)C)O[C@H]3[C@@H]2OS(=O)(=O)C(F)(F)F)c(=O)[nH]1.CC(C)C(=O)Nc1nc2c(ncn2[C@@H]2O[C@@H]3CO[Si](C(C)C)(C(C)C)O[Si](C(C)C)(C(C)C)O[C@H]3[C@H]2N=[N+]=[N-])c(=O)[nH]1. The molecule has 4 aromatic heterocycles. The number of fused-ring (bicyclic) bond motifs is 4. The van der Waals surface area contributed by atoms with E-state index in [0.29, 0.717) is 0 Å². The van der Waals surface area contributed by atoms with E-state index in [1.165, 1.54) is 6.33 Å². The van der Waals surface area contributed by atoms with Crippen LogP contribution < -0.4 is 21.8 Å². The fraction of sp³-hybridized carbons (Fsp3) is 0.774. The van der Waals surface area contributed by atoms with Crippen molar-refractivity contribution in [3.63, 3.8) is 0 Å². The highest BCUT2D eigenvalue weighted by Crippen LogP contribution is 2.52. The monoisotopic (exact) mass is 1350 g/mol. The number of rotatable bonds is 17. The van der Waals surface area contributed by atoms with Crippen molar-refractivity contribution in [1.82, 2.24) is 39.0 Å². The Labute approximate surface area is 519 Å². The van der Waals surface area contributed by atoms with Gasteiger partial charge in [0.25, 0.3) is 11.1 Å². The number of aromatic amines is 2. The second-order valence-corrected chi connectivity index (χ2v) is 45.4. The van der Waals surface area contributed by atoms with E-state index in [9.17, 15) is 46.3 Å². The zero-order valence-electron chi connectivity index (χ0n) is 54.2. The molecule has 4 aromatic rings. The van der Waals surface area contributed by atoms with Gasteiger partial charge < -0.3 is 35.4 Å². The summed E-state index contributed by atoms with van der Waals surface area (Å²) in [7, 11) is -18.6. The number of H-pyrrole nitrogens is 2. The van der Waals surface area contributed by atoms with Crippen LogP contribution in [-0.4, -0.2) is 149 Å². The number of aromatic nitrogens is 8. The van der Waals surface area contributed by atoms with Gasteiger partial charge >= 0.3 is 49.9 Å². The zero-order valence-corrected chi connectivity index (χ0v) is 59.0. The molecule has 4 N–H and O–H groups in total. The topological polar surface area (TPSA) is 351 Å². The van der Waals surface area contributed by atoms with Crippen molar-refractivity contribution in [2.75, 3.05) is 23.8 Å². The van der Waals surface area contributed by atoms with Gasteiger partial charge in [0.2, 0.25) is 23.7 Å². The number of amides is 2. The van der Waals surface area contributed by atoms with Crippen molar-refractivity contribution >= 4 is 90.4 Å². The normalized spacial score (nSPS) is 25.4. The Bertz CT molecular complexity index is 3450. The van der Waals surface area contributed by atoms with Crippen LogP contribution in [0.3, 0.4) is 0 Å². The molecule has 0 aliphatic carbocycles. The summed E-state index contributed by atoms with van der Waals surface area (Å²) in [6.45, 7) is 39.3. The van der Waals surface area contributed by atoms with E-state index in [4.69, 9.17) is 39.6 Å². The maximum Gasteiger partial charge on any atom is 0.523 e. The fourth-order valence-corrected chi connectivity index (χ4v) is 35.1. The summed E-state index contributed by atoms with van der Waals surface area (Å²) < 4.78 is 129. The number of hydrogen-bond acceptors (Lipinski definition) is 20. The van der Waals surface area contributed by atoms with E-state index < -0.39 is 122 Å². The van der Waals surface area contributed by atoms with Crippen molar-refractivity contribution in [2.45, 2.75) is 237 Å². The molecule has 4 aliphatic rings. The second kappa shape index (κ2) is 27.0. The third-order valence-electron chi connectivity index (χ3n) is 16.9. The molecule has 36 heteroatoms. The van der Waals surface area contributed by atoms with Gasteiger partial charge in [0.05, 0.1) is 32.0 Å². The molecule has 2 amide bonds. The molecule has 4 aliphatic heterocycles. The third-order valence-corrected chi connectivity index (χ3v) is 38.4. The van der Waals surface area contributed by atoms with E-state index in [1.807, 2.05) is 55.4 Å². The Balaban J connectivity index is 0.000000255. The van der Waals surface area contributed by atoms with Crippen molar-refractivity contribution < 1.29 is 70.8 Å². The quantitative estimate of drug-likeness (QED) is 0.0191. The van der Waals surface area contributed by atoms with Crippen molar-refractivity contribution in [2.24, 2.45) is 17.0 Å². The van der Waals surface area contributed by atoms with E-state index in [-0.39, 0.29) is 104 Å². The number of hydrogen-bond donors (Lipinski definition) is 4. The second-order valence-electron chi connectivity index (χ2n) is 26.2. The molecule has 498 valence electrons. The van der Waals surface area contributed by atoms with Crippen molar-refractivity contribution in [3.05, 3.63) is 43.8 Å². The minimum absolute atomic E-state index is 0.0130. The van der Waals surface area contributed by atoms with Gasteiger partial charge in [-0.15, -0.1) is 0 Å². The first-order valence-electron chi connectivity index (χ1n) is 30.2. The highest BCUT2D eigenvalue weighted by Gasteiger charge is 2.65. The lowest BCUT2D eigenvalue weighted by Gasteiger charge is -2.51. The van der Waals surface area contributed by atoms with Crippen LogP contribution in [-0.2, 0) is 59.3 Å². The van der Waals surface area contributed by atoms with Gasteiger partial charge in [0.15, 0.2) is 34.7 Å². The smallest absolute Gasteiger partial charge is 0.414 e. The molecule has 4 saturated heterocycles. The Kier molecular flexibility index (Phi) is 21.8. The van der Waals surface area contributed by atoms with E-state index >= 15 is 0 Å². The first-order chi connectivity index (χ1) is 41.3. The van der Waals surface area contributed by atoms with Crippen molar-refractivity contribution in [1.29, 1.82) is 0 Å².